The first-order valence-electron chi connectivity index (χ1n) is 12.5. The van der Waals surface area contributed by atoms with Gasteiger partial charge in [0.1, 0.15) is 0 Å². The van der Waals surface area contributed by atoms with Gasteiger partial charge in [-0.25, -0.2) is 0 Å². The molecule has 30 heavy (non-hydrogen) atoms. The molecular weight excluding hydrogens is 372 g/mol. The van der Waals surface area contributed by atoms with Gasteiger partial charge in [-0.2, -0.15) is 0 Å². The molecule has 3 fully saturated rings. The van der Waals surface area contributed by atoms with Gasteiger partial charge in [0.15, 0.2) is 0 Å². The van der Waals surface area contributed by atoms with E-state index in [0.29, 0.717) is 30.1 Å². The smallest absolute Gasteiger partial charge is 0.0627 e. The van der Waals surface area contributed by atoms with Crippen molar-refractivity contribution in [2.75, 3.05) is 0 Å². The van der Waals surface area contributed by atoms with E-state index in [4.69, 9.17) is 0 Å². The SMILES string of the molecule is CC1[C@H](O)CC(=C/C=C2\CCC[C@@]3(C)[C@@H]2CC[C@@H]3[C@H](C)CCCC(C)(C)O)C[C@@H]1O. The minimum Gasteiger partial charge on any atom is -0.392 e. The molecule has 0 aliphatic heterocycles. The summed E-state index contributed by atoms with van der Waals surface area (Å²) in [5.41, 5.74) is 2.65. The molecule has 0 bridgehead atoms. The summed E-state index contributed by atoms with van der Waals surface area (Å²) >= 11 is 0. The van der Waals surface area contributed by atoms with Gasteiger partial charge in [-0.3, -0.25) is 0 Å². The van der Waals surface area contributed by atoms with Crippen molar-refractivity contribution in [2.45, 2.75) is 117 Å². The van der Waals surface area contributed by atoms with Crippen LogP contribution in [0.1, 0.15) is 98.8 Å². The molecule has 3 aliphatic carbocycles. The molecule has 172 valence electrons. The van der Waals surface area contributed by atoms with Crippen molar-refractivity contribution in [1.29, 1.82) is 0 Å². The molecule has 0 saturated heterocycles. The van der Waals surface area contributed by atoms with Crippen LogP contribution in [0.2, 0.25) is 0 Å². The van der Waals surface area contributed by atoms with Gasteiger partial charge in [0.2, 0.25) is 0 Å². The molecule has 0 aromatic heterocycles. The molecule has 3 saturated carbocycles. The maximum Gasteiger partial charge on any atom is 0.0627 e. The summed E-state index contributed by atoms with van der Waals surface area (Å²) < 4.78 is 0. The first-order valence-corrected chi connectivity index (χ1v) is 12.5. The van der Waals surface area contributed by atoms with E-state index >= 15 is 0 Å². The average molecular weight is 419 g/mol. The molecule has 0 aromatic carbocycles. The van der Waals surface area contributed by atoms with Crippen molar-refractivity contribution >= 4 is 0 Å². The Kier molecular flexibility index (Phi) is 7.58. The molecule has 7 atom stereocenters. The largest absolute Gasteiger partial charge is 0.392 e. The highest BCUT2D eigenvalue weighted by Crippen LogP contribution is 2.60. The van der Waals surface area contributed by atoms with Crippen LogP contribution >= 0.6 is 0 Å². The Balaban J connectivity index is 1.67. The van der Waals surface area contributed by atoms with Crippen molar-refractivity contribution in [1.82, 2.24) is 0 Å². The highest BCUT2D eigenvalue weighted by Gasteiger charge is 2.50. The van der Waals surface area contributed by atoms with E-state index < -0.39 is 17.8 Å². The van der Waals surface area contributed by atoms with Crippen molar-refractivity contribution in [3.8, 4) is 0 Å². The van der Waals surface area contributed by atoms with Crippen molar-refractivity contribution in [2.24, 2.45) is 29.1 Å². The lowest BCUT2D eigenvalue weighted by Crippen LogP contribution is -2.36. The first kappa shape index (κ1) is 24.0. The monoisotopic (exact) mass is 418 g/mol. The molecule has 3 rings (SSSR count). The number of aliphatic hydroxyl groups is 3. The Morgan fingerprint density at radius 2 is 1.80 bits per heavy atom. The van der Waals surface area contributed by atoms with E-state index in [9.17, 15) is 15.3 Å². The molecule has 1 unspecified atom stereocenters. The van der Waals surface area contributed by atoms with Gasteiger partial charge < -0.3 is 15.3 Å². The molecule has 0 heterocycles. The molecule has 3 heteroatoms. The van der Waals surface area contributed by atoms with Crippen LogP contribution < -0.4 is 0 Å². The summed E-state index contributed by atoms with van der Waals surface area (Å²) in [4.78, 5) is 0. The van der Waals surface area contributed by atoms with E-state index in [2.05, 4.69) is 26.0 Å². The summed E-state index contributed by atoms with van der Waals surface area (Å²) in [6.07, 6.45) is 14.8. The van der Waals surface area contributed by atoms with E-state index in [1.54, 1.807) is 5.57 Å². The molecule has 3 N–H and O–H groups in total. The fraction of sp³-hybridized carbons (Fsp3) is 0.852. The van der Waals surface area contributed by atoms with Crippen LogP contribution in [-0.2, 0) is 0 Å². The van der Waals surface area contributed by atoms with E-state index in [-0.39, 0.29) is 5.92 Å². The maximum atomic E-state index is 10.2. The Morgan fingerprint density at radius 1 is 1.13 bits per heavy atom. The summed E-state index contributed by atoms with van der Waals surface area (Å²) in [5, 5.41) is 30.5. The average Bonchev–Trinajstić information content (AvgIpc) is 3.00. The number of hydrogen-bond acceptors (Lipinski definition) is 3. The van der Waals surface area contributed by atoms with Crippen LogP contribution in [0.5, 0.6) is 0 Å². The van der Waals surface area contributed by atoms with Crippen LogP contribution in [-0.4, -0.2) is 33.1 Å². The number of aliphatic hydroxyl groups excluding tert-OH is 2. The van der Waals surface area contributed by atoms with Gasteiger partial charge in [0, 0.05) is 5.92 Å². The third-order valence-electron chi connectivity index (χ3n) is 8.86. The van der Waals surface area contributed by atoms with Crippen LogP contribution in [0.3, 0.4) is 0 Å². The Labute approximate surface area is 184 Å². The highest BCUT2D eigenvalue weighted by molar-refractivity contribution is 5.26. The van der Waals surface area contributed by atoms with Crippen LogP contribution in [0.15, 0.2) is 23.3 Å². The first-order chi connectivity index (χ1) is 14.0. The lowest BCUT2D eigenvalue weighted by Gasteiger charge is -2.44. The van der Waals surface area contributed by atoms with Gasteiger partial charge in [-0.1, -0.05) is 56.9 Å². The third kappa shape index (κ3) is 5.40. The van der Waals surface area contributed by atoms with Gasteiger partial charge in [-0.05, 0) is 88.4 Å². The van der Waals surface area contributed by atoms with Crippen LogP contribution in [0.4, 0.5) is 0 Å². The molecule has 0 radical (unpaired) electrons. The number of fused-ring (bicyclic) bond motifs is 1. The van der Waals surface area contributed by atoms with E-state index in [1.807, 2.05) is 20.8 Å². The zero-order valence-corrected chi connectivity index (χ0v) is 20.0. The van der Waals surface area contributed by atoms with Gasteiger partial charge in [0.25, 0.3) is 0 Å². The Hall–Kier alpha value is -0.640. The zero-order chi connectivity index (χ0) is 22.1. The molecule has 0 amide bonds. The normalized spacial score (nSPS) is 41.3. The number of hydrogen-bond donors (Lipinski definition) is 3. The lowest BCUT2D eigenvalue weighted by atomic mass is 9.60. The second-order valence-corrected chi connectivity index (χ2v) is 11.7. The summed E-state index contributed by atoms with van der Waals surface area (Å²) in [6.45, 7) is 10.8. The molecular formula is C27H46O3. The highest BCUT2D eigenvalue weighted by atomic mass is 16.3. The zero-order valence-electron chi connectivity index (χ0n) is 20.0. The summed E-state index contributed by atoms with van der Waals surface area (Å²) in [5.74, 6) is 2.15. The molecule has 3 aliphatic rings. The topological polar surface area (TPSA) is 60.7 Å². The third-order valence-corrected chi connectivity index (χ3v) is 8.86. The summed E-state index contributed by atoms with van der Waals surface area (Å²) in [7, 11) is 0. The van der Waals surface area contributed by atoms with Crippen LogP contribution in [0.25, 0.3) is 0 Å². The van der Waals surface area contributed by atoms with E-state index in [1.165, 1.54) is 44.1 Å². The lowest BCUT2D eigenvalue weighted by molar-refractivity contribution is 0.00406. The number of allylic oxidation sites excluding steroid dienone is 3. The molecule has 0 aromatic rings. The Bertz CT molecular complexity index is 629. The Morgan fingerprint density at radius 3 is 2.43 bits per heavy atom. The van der Waals surface area contributed by atoms with Crippen molar-refractivity contribution in [3.63, 3.8) is 0 Å². The predicted molar refractivity (Wildman–Crippen MR) is 124 cm³/mol. The van der Waals surface area contributed by atoms with Crippen molar-refractivity contribution < 1.29 is 15.3 Å². The minimum atomic E-state index is -0.547. The van der Waals surface area contributed by atoms with Crippen molar-refractivity contribution in [3.05, 3.63) is 23.3 Å². The van der Waals surface area contributed by atoms with E-state index in [0.717, 1.165) is 18.8 Å². The second-order valence-electron chi connectivity index (χ2n) is 11.7. The predicted octanol–water partition coefficient (Wildman–Crippen LogP) is 5.78. The van der Waals surface area contributed by atoms with Crippen LogP contribution in [0, 0.1) is 29.1 Å². The quantitative estimate of drug-likeness (QED) is 0.512. The maximum absolute atomic E-state index is 10.2. The van der Waals surface area contributed by atoms with Gasteiger partial charge >= 0.3 is 0 Å². The van der Waals surface area contributed by atoms with Gasteiger partial charge in [-0.15, -0.1) is 0 Å². The second kappa shape index (κ2) is 9.46. The van der Waals surface area contributed by atoms with Gasteiger partial charge in [0.05, 0.1) is 17.8 Å². The molecule has 3 nitrogen and oxygen atoms in total. The minimum absolute atomic E-state index is 0.0266. The number of rotatable bonds is 6. The summed E-state index contributed by atoms with van der Waals surface area (Å²) in [6, 6.07) is 0. The molecule has 0 spiro atoms. The fourth-order valence-electron chi connectivity index (χ4n) is 6.88. The fourth-order valence-corrected chi connectivity index (χ4v) is 6.88. The standard InChI is InChI=1S/C27H46O3/c1-18(8-6-14-26(3,4)30)22-12-13-23-21(9-7-15-27(22,23)5)11-10-20-16-24(28)19(2)25(29)17-20/h10-11,18-19,22-25,28-30H,6-9,12-17H2,1-5H3/b20-10?,21-11+/t18-,19?,22-,23-,24-,25+,27-/m1/s1.